The van der Waals surface area contributed by atoms with Gasteiger partial charge in [-0.05, 0) is 11.1 Å². The van der Waals surface area contributed by atoms with Crippen LogP contribution in [-0.2, 0) is 18.0 Å². The van der Waals surface area contributed by atoms with Gasteiger partial charge in [0, 0.05) is 20.5 Å². The number of hydrogen-bond donors (Lipinski definition) is 4. The minimum Gasteiger partial charge on any atom is -0.392 e. The number of halogens is 4. The lowest BCUT2D eigenvalue weighted by Crippen LogP contribution is -2.49. The Bertz CT molecular complexity index is 608. The molecule has 0 aromatic heterocycles. The molecule has 1 aliphatic rings. The number of aliphatic hydroxyl groups is 3. The number of nitrogens with one attached hydrogen (secondary N) is 1. The SMILES string of the molecule is CN(C)C(=N)S[C@@H]1CC(O)[C@H](O)C(CC(F)(F)F)O1.OCc1ccc(CF)cc1. The van der Waals surface area contributed by atoms with Crippen LogP contribution in [0.1, 0.15) is 24.0 Å². The van der Waals surface area contributed by atoms with E-state index in [1.807, 2.05) is 0 Å². The molecule has 0 saturated carbocycles. The maximum Gasteiger partial charge on any atom is 0.391 e. The van der Waals surface area contributed by atoms with E-state index in [0.717, 1.165) is 17.3 Å². The fourth-order valence-corrected chi connectivity index (χ4v) is 3.30. The number of thioether (sulfide) groups is 1. The fraction of sp³-hybridized carbons (Fsp3) is 0.611. The van der Waals surface area contributed by atoms with Gasteiger partial charge in [0.2, 0.25) is 0 Å². The largest absolute Gasteiger partial charge is 0.392 e. The fourth-order valence-electron chi connectivity index (χ4n) is 2.35. The highest BCUT2D eigenvalue weighted by Crippen LogP contribution is 2.34. The van der Waals surface area contributed by atoms with E-state index in [1.165, 1.54) is 4.90 Å². The molecular formula is C18H26F4N2O4S. The number of benzene rings is 1. The topological polar surface area (TPSA) is 97.0 Å². The predicted octanol–water partition coefficient (Wildman–Crippen LogP) is 2.65. The van der Waals surface area contributed by atoms with E-state index >= 15 is 0 Å². The summed E-state index contributed by atoms with van der Waals surface area (Å²) in [5.41, 5.74) is 0.690. The first-order chi connectivity index (χ1) is 13.5. The van der Waals surface area contributed by atoms with Crippen LogP contribution in [0.2, 0.25) is 0 Å². The summed E-state index contributed by atoms with van der Waals surface area (Å²) in [5.74, 6) is 0. The minimum absolute atomic E-state index is 0.0174. The van der Waals surface area contributed by atoms with Crippen molar-refractivity contribution in [3.05, 3.63) is 35.4 Å². The maximum atomic E-state index is 12.3. The summed E-state index contributed by atoms with van der Waals surface area (Å²) in [4.78, 5) is 1.48. The molecule has 1 aromatic rings. The zero-order chi connectivity index (χ0) is 22.2. The molecule has 1 saturated heterocycles. The van der Waals surface area contributed by atoms with Crippen LogP contribution in [0.4, 0.5) is 17.6 Å². The van der Waals surface area contributed by atoms with Crippen LogP contribution in [0, 0.1) is 5.41 Å². The second-order valence-electron chi connectivity index (χ2n) is 6.64. The van der Waals surface area contributed by atoms with Crippen molar-refractivity contribution in [3.63, 3.8) is 0 Å². The highest BCUT2D eigenvalue weighted by Gasteiger charge is 2.43. The molecule has 0 radical (unpaired) electrons. The molecule has 1 aromatic carbocycles. The summed E-state index contributed by atoms with van der Waals surface area (Å²) in [5, 5.41) is 35.4. The van der Waals surface area contributed by atoms with Crippen molar-refractivity contribution in [2.45, 2.75) is 56.0 Å². The Morgan fingerprint density at radius 2 is 1.76 bits per heavy atom. The Hall–Kier alpha value is -1.40. The van der Waals surface area contributed by atoms with Crippen molar-refractivity contribution in [1.82, 2.24) is 4.90 Å². The molecule has 4 atom stereocenters. The number of amidine groups is 1. The Kier molecular flexibility index (Phi) is 10.3. The highest BCUT2D eigenvalue weighted by atomic mass is 32.2. The van der Waals surface area contributed by atoms with E-state index in [1.54, 1.807) is 38.4 Å². The number of rotatable bonds is 4. The molecule has 1 heterocycles. The van der Waals surface area contributed by atoms with Crippen LogP contribution in [0.5, 0.6) is 0 Å². The number of aliphatic hydroxyl groups excluding tert-OH is 3. The number of alkyl halides is 4. The molecule has 0 spiro atoms. The number of ether oxygens (including phenoxy) is 1. The predicted molar refractivity (Wildman–Crippen MR) is 102 cm³/mol. The van der Waals surface area contributed by atoms with Crippen LogP contribution in [0.3, 0.4) is 0 Å². The molecule has 2 unspecified atom stereocenters. The number of nitrogens with zero attached hydrogens (tertiary/aromatic N) is 1. The van der Waals surface area contributed by atoms with Crippen LogP contribution in [0.25, 0.3) is 0 Å². The first-order valence-electron chi connectivity index (χ1n) is 8.72. The van der Waals surface area contributed by atoms with Crippen LogP contribution < -0.4 is 0 Å². The van der Waals surface area contributed by atoms with E-state index in [-0.39, 0.29) is 18.2 Å². The Morgan fingerprint density at radius 3 is 2.21 bits per heavy atom. The molecule has 29 heavy (non-hydrogen) atoms. The van der Waals surface area contributed by atoms with Gasteiger partial charge in [0.05, 0.1) is 25.2 Å². The summed E-state index contributed by atoms with van der Waals surface area (Å²) in [7, 11) is 3.24. The van der Waals surface area contributed by atoms with E-state index in [9.17, 15) is 27.8 Å². The lowest BCUT2D eigenvalue weighted by atomic mass is 10.00. The average molecular weight is 442 g/mol. The van der Waals surface area contributed by atoms with Gasteiger partial charge in [0.25, 0.3) is 0 Å². The zero-order valence-electron chi connectivity index (χ0n) is 16.1. The third-order valence-corrected chi connectivity index (χ3v) is 5.13. The van der Waals surface area contributed by atoms with Gasteiger partial charge in [-0.15, -0.1) is 0 Å². The molecule has 1 aliphatic heterocycles. The molecule has 0 bridgehead atoms. The van der Waals surface area contributed by atoms with Gasteiger partial charge in [0.15, 0.2) is 5.17 Å². The van der Waals surface area contributed by atoms with E-state index < -0.39 is 43.0 Å². The van der Waals surface area contributed by atoms with Gasteiger partial charge in [0.1, 0.15) is 18.2 Å². The molecular weight excluding hydrogens is 416 g/mol. The van der Waals surface area contributed by atoms with Crippen molar-refractivity contribution < 1.29 is 37.6 Å². The van der Waals surface area contributed by atoms with Crippen LogP contribution in [-0.4, -0.2) is 69.4 Å². The van der Waals surface area contributed by atoms with Gasteiger partial charge < -0.3 is 25.0 Å². The highest BCUT2D eigenvalue weighted by molar-refractivity contribution is 8.14. The molecule has 0 amide bonds. The normalized spacial score (nSPS) is 24.4. The van der Waals surface area contributed by atoms with Crippen molar-refractivity contribution in [2.24, 2.45) is 0 Å². The van der Waals surface area contributed by atoms with Gasteiger partial charge >= 0.3 is 6.18 Å². The smallest absolute Gasteiger partial charge is 0.391 e. The van der Waals surface area contributed by atoms with Crippen LogP contribution >= 0.6 is 11.8 Å². The minimum atomic E-state index is -4.48. The second kappa shape index (κ2) is 11.7. The molecule has 4 N–H and O–H groups in total. The molecule has 6 nitrogen and oxygen atoms in total. The second-order valence-corrected chi connectivity index (χ2v) is 7.79. The molecule has 166 valence electrons. The summed E-state index contributed by atoms with van der Waals surface area (Å²) in [6.07, 6.45) is -10.2. The first-order valence-corrected chi connectivity index (χ1v) is 9.60. The quantitative estimate of drug-likeness (QED) is 0.325. The van der Waals surface area contributed by atoms with Crippen molar-refractivity contribution in [2.75, 3.05) is 14.1 Å². The monoisotopic (exact) mass is 442 g/mol. The Morgan fingerprint density at radius 1 is 1.21 bits per heavy atom. The summed E-state index contributed by atoms with van der Waals surface area (Å²) < 4.78 is 54.0. The van der Waals surface area contributed by atoms with Gasteiger partial charge in [-0.25, -0.2) is 4.39 Å². The standard InChI is InChI=1S/C10H17F3N2O3S.C8H9FO/c1-15(2)9(14)19-7-3-5(16)8(17)6(18-7)4-10(11,12)13;9-5-7-1-3-8(6-10)4-2-7/h5-8,14,16-17H,3-4H2,1-2H3;1-4,10H,5-6H2/t5?,6?,7-,8+;/m1./s1. The van der Waals surface area contributed by atoms with E-state index in [0.29, 0.717) is 5.56 Å². The van der Waals surface area contributed by atoms with Gasteiger partial charge in [-0.3, -0.25) is 5.41 Å². The lowest BCUT2D eigenvalue weighted by Gasteiger charge is -2.37. The molecule has 2 rings (SSSR count). The van der Waals surface area contributed by atoms with Crippen molar-refractivity contribution >= 4 is 16.9 Å². The summed E-state index contributed by atoms with van der Waals surface area (Å²) in [6, 6.07) is 6.78. The molecule has 1 fully saturated rings. The van der Waals surface area contributed by atoms with E-state index in [2.05, 4.69) is 0 Å². The number of hydrogen-bond acceptors (Lipinski definition) is 6. The average Bonchev–Trinajstić information content (AvgIpc) is 2.65. The first kappa shape index (κ1) is 25.6. The molecule has 11 heteroatoms. The third-order valence-electron chi connectivity index (χ3n) is 3.98. The Balaban J connectivity index is 0.000000352. The zero-order valence-corrected chi connectivity index (χ0v) is 16.9. The van der Waals surface area contributed by atoms with Crippen molar-refractivity contribution in [3.8, 4) is 0 Å². The maximum absolute atomic E-state index is 12.3. The van der Waals surface area contributed by atoms with Crippen LogP contribution in [0.15, 0.2) is 24.3 Å². The molecule has 0 aliphatic carbocycles. The Labute approximate surface area is 171 Å². The van der Waals surface area contributed by atoms with E-state index in [4.69, 9.17) is 15.3 Å². The van der Waals surface area contributed by atoms with Crippen molar-refractivity contribution in [1.29, 1.82) is 5.41 Å². The lowest BCUT2D eigenvalue weighted by molar-refractivity contribution is -0.206. The summed E-state index contributed by atoms with van der Waals surface area (Å²) >= 11 is 0.913. The summed E-state index contributed by atoms with van der Waals surface area (Å²) in [6.45, 7) is -0.418. The third kappa shape index (κ3) is 9.30. The van der Waals surface area contributed by atoms with Gasteiger partial charge in [-0.1, -0.05) is 36.0 Å². The van der Waals surface area contributed by atoms with Gasteiger partial charge in [-0.2, -0.15) is 13.2 Å².